The second-order valence-electron chi connectivity index (χ2n) is 4.75. The molecular formula is C14H21ClN2O. The van der Waals surface area contributed by atoms with Crippen molar-refractivity contribution in [1.82, 2.24) is 10.2 Å². The van der Waals surface area contributed by atoms with E-state index in [2.05, 4.69) is 17.1 Å². The normalized spacial score (nSPS) is 20.9. The van der Waals surface area contributed by atoms with Crippen molar-refractivity contribution in [1.29, 1.82) is 0 Å². The van der Waals surface area contributed by atoms with Crippen molar-refractivity contribution in [2.75, 3.05) is 32.8 Å². The Morgan fingerprint density at radius 1 is 1.39 bits per heavy atom. The quantitative estimate of drug-likeness (QED) is 0.830. The van der Waals surface area contributed by atoms with Crippen LogP contribution in [-0.4, -0.2) is 43.7 Å². The van der Waals surface area contributed by atoms with E-state index >= 15 is 0 Å². The molecule has 0 amide bonds. The lowest BCUT2D eigenvalue weighted by Crippen LogP contribution is -2.50. The summed E-state index contributed by atoms with van der Waals surface area (Å²) in [6.45, 7) is 7.48. The van der Waals surface area contributed by atoms with Gasteiger partial charge in [0.1, 0.15) is 5.75 Å². The first-order valence-electron chi connectivity index (χ1n) is 6.59. The minimum Gasteiger partial charge on any atom is -0.494 e. The van der Waals surface area contributed by atoms with Gasteiger partial charge in [0.15, 0.2) is 0 Å². The van der Waals surface area contributed by atoms with Gasteiger partial charge in [0.2, 0.25) is 0 Å². The van der Waals surface area contributed by atoms with Gasteiger partial charge in [0.05, 0.1) is 6.61 Å². The molecule has 2 rings (SSSR count). The summed E-state index contributed by atoms with van der Waals surface area (Å²) < 4.78 is 5.69. The van der Waals surface area contributed by atoms with Crippen LogP contribution in [0, 0.1) is 0 Å². The third kappa shape index (κ3) is 4.16. The standard InChI is InChI=1S/C14H21ClN2O/c1-12-11-16-7-9-17(12)8-2-10-18-14-5-3-13(15)4-6-14/h3-6,12,16H,2,7-11H2,1H3. The molecule has 0 radical (unpaired) electrons. The molecule has 1 aromatic rings. The summed E-state index contributed by atoms with van der Waals surface area (Å²) in [6, 6.07) is 8.17. The highest BCUT2D eigenvalue weighted by atomic mass is 35.5. The summed E-state index contributed by atoms with van der Waals surface area (Å²) in [5.74, 6) is 0.896. The lowest BCUT2D eigenvalue weighted by atomic mass is 10.2. The molecule has 1 heterocycles. The summed E-state index contributed by atoms with van der Waals surface area (Å²) in [7, 11) is 0. The monoisotopic (exact) mass is 268 g/mol. The molecule has 18 heavy (non-hydrogen) atoms. The topological polar surface area (TPSA) is 24.5 Å². The van der Waals surface area contributed by atoms with E-state index in [9.17, 15) is 0 Å². The summed E-state index contributed by atoms with van der Waals surface area (Å²) in [4.78, 5) is 2.52. The molecule has 100 valence electrons. The zero-order valence-corrected chi connectivity index (χ0v) is 11.6. The van der Waals surface area contributed by atoms with Gasteiger partial charge in [-0.05, 0) is 37.6 Å². The third-order valence-corrected chi connectivity index (χ3v) is 3.56. The van der Waals surface area contributed by atoms with Gasteiger partial charge < -0.3 is 10.1 Å². The van der Waals surface area contributed by atoms with Crippen LogP contribution >= 0.6 is 11.6 Å². The third-order valence-electron chi connectivity index (χ3n) is 3.31. The van der Waals surface area contributed by atoms with Crippen LogP contribution in [0.25, 0.3) is 0 Å². The smallest absolute Gasteiger partial charge is 0.119 e. The highest BCUT2D eigenvalue weighted by Crippen LogP contribution is 2.15. The fourth-order valence-corrected chi connectivity index (χ4v) is 2.33. The predicted octanol–water partition coefficient (Wildman–Crippen LogP) is 2.40. The van der Waals surface area contributed by atoms with E-state index in [0.29, 0.717) is 6.04 Å². The van der Waals surface area contributed by atoms with Crippen LogP contribution in [0.1, 0.15) is 13.3 Å². The van der Waals surface area contributed by atoms with E-state index in [1.54, 1.807) is 0 Å². The Morgan fingerprint density at radius 2 is 2.17 bits per heavy atom. The molecule has 1 aliphatic rings. The predicted molar refractivity (Wildman–Crippen MR) is 75.5 cm³/mol. The fourth-order valence-electron chi connectivity index (χ4n) is 2.20. The number of nitrogens with zero attached hydrogens (tertiary/aromatic N) is 1. The van der Waals surface area contributed by atoms with E-state index in [4.69, 9.17) is 16.3 Å². The molecule has 1 N–H and O–H groups in total. The second kappa shape index (κ2) is 6.98. The Hall–Kier alpha value is -0.770. The van der Waals surface area contributed by atoms with Crippen molar-refractivity contribution >= 4 is 11.6 Å². The van der Waals surface area contributed by atoms with Gasteiger partial charge in [0.25, 0.3) is 0 Å². The van der Waals surface area contributed by atoms with Gasteiger partial charge in [-0.25, -0.2) is 0 Å². The molecule has 0 spiro atoms. The van der Waals surface area contributed by atoms with Gasteiger partial charge in [0, 0.05) is 37.2 Å². The molecule has 0 saturated carbocycles. The van der Waals surface area contributed by atoms with Crippen LogP contribution in [-0.2, 0) is 0 Å². The molecule has 0 aliphatic carbocycles. The van der Waals surface area contributed by atoms with Crippen molar-refractivity contribution in [2.24, 2.45) is 0 Å². The van der Waals surface area contributed by atoms with Crippen molar-refractivity contribution in [3.63, 3.8) is 0 Å². The first-order chi connectivity index (χ1) is 8.75. The number of benzene rings is 1. The highest BCUT2D eigenvalue weighted by molar-refractivity contribution is 6.30. The molecule has 0 bridgehead atoms. The van der Waals surface area contributed by atoms with Crippen LogP contribution in [0.5, 0.6) is 5.75 Å². The van der Waals surface area contributed by atoms with Crippen molar-refractivity contribution in [3.05, 3.63) is 29.3 Å². The van der Waals surface area contributed by atoms with Gasteiger partial charge in [-0.15, -0.1) is 0 Å². The molecule has 4 heteroatoms. The van der Waals surface area contributed by atoms with Gasteiger partial charge >= 0.3 is 0 Å². The number of hydrogen-bond acceptors (Lipinski definition) is 3. The molecular weight excluding hydrogens is 248 g/mol. The molecule has 3 nitrogen and oxygen atoms in total. The lowest BCUT2D eigenvalue weighted by molar-refractivity contribution is 0.160. The summed E-state index contributed by atoms with van der Waals surface area (Å²) in [5.41, 5.74) is 0. The van der Waals surface area contributed by atoms with E-state index in [1.807, 2.05) is 24.3 Å². The zero-order valence-electron chi connectivity index (χ0n) is 10.9. The number of halogens is 1. The first-order valence-corrected chi connectivity index (χ1v) is 6.96. The Kier molecular flexibility index (Phi) is 5.29. The van der Waals surface area contributed by atoms with Crippen molar-refractivity contribution in [3.8, 4) is 5.75 Å². The highest BCUT2D eigenvalue weighted by Gasteiger charge is 2.16. The van der Waals surface area contributed by atoms with E-state index < -0.39 is 0 Å². The Morgan fingerprint density at radius 3 is 2.89 bits per heavy atom. The molecule has 1 fully saturated rings. The largest absolute Gasteiger partial charge is 0.494 e. The maximum Gasteiger partial charge on any atom is 0.119 e. The van der Waals surface area contributed by atoms with E-state index in [-0.39, 0.29) is 0 Å². The fraction of sp³-hybridized carbons (Fsp3) is 0.571. The van der Waals surface area contributed by atoms with Crippen LogP contribution in [0.15, 0.2) is 24.3 Å². The average Bonchev–Trinajstić information content (AvgIpc) is 2.39. The minimum absolute atomic E-state index is 0.634. The van der Waals surface area contributed by atoms with Gasteiger partial charge in [-0.3, -0.25) is 4.90 Å². The van der Waals surface area contributed by atoms with Crippen LogP contribution in [0.3, 0.4) is 0 Å². The summed E-state index contributed by atoms with van der Waals surface area (Å²) in [5, 5.41) is 4.15. The SMILES string of the molecule is CC1CNCCN1CCCOc1ccc(Cl)cc1. The average molecular weight is 269 g/mol. The zero-order chi connectivity index (χ0) is 12.8. The van der Waals surface area contributed by atoms with Gasteiger partial charge in [-0.1, -0.05) is 11.6 Å². The number of hydrogen-bond donors (Lipinski definition) is 1. The summed E-state index contributed by atoms with van der Waals surface area (Å²) in [6.07, 6.45) is 1.06. The summed E-state index contributed by atoms with van der Waals surface area (Å²) >= 11 is 5.82. The van der Waals surface area contributed by atoms with Crippen LogP contribution < -0.4 is 10.1 Å². The van der Waals surface area contributed by atoms with Crippen molar-refractivity contribution < 1.29 is 4.74 Å². The van der Waals surface area contributed by atoms with Crippen molar-refractivity contribution in [2.45, 2.75) is 19.4 Å². The molecule has 1 unspecified atom stereocenters. The molecule has 1 atom stereocenters. The van der Waals surface area contributed by atoms with Crippen LogP contribution in [0.2, 0.25) is 5.02 Å². The molecule has 1 saturated heterocycles. The minimum atomic E-state index is 0.634. The second-order valence-corrected chi connectivity index (χ2v) is 5.18. The van der Waals surface area contributed by atoms with E-state index in [0.717, 1.165) is 50.0 Å². The number of rotatable bonds is 5. The Labute approximate surface area is 114 Å². The maximum atomic E-state index is 5.82. The Balaban J connectivity index is 1.65. The first kappa shape index (κ1) is 13.7. The lowest BCUT2D eigenvalue weighted by Gasteiger charge is -2.33. The molecule has 0 aromatic heterocycles. The number of piperazine rings is 1. The Bertz CT molecular complexity index is 355. The number of ether oxygens (including phenoxy) is 1. The molecule has 1 aromatic carbocycles. The number of nitrogens with one attached hydrogen (secondary N) is 1. The van der Waals surface area contributed by atoms with E-state index in [1.165, 1.54) is 0 Å². The van der Waals surface area contributed by atoms with Gasteiger partial charge in [-0.2, -0.15) is 0 Å². The molecule has 1 aliphatic heterocycles. The van der Waals surface area contributed by atoms with Crippen LogP contribution in [0.4, 0.5) is 0 Å². The maximum absolute atomic E-state index is 5.82.